The van der Waals surface area contributed by atoms with Gasteiger partial charge in [-0.25, -0.2) is 0 Å². The van der Waals surface area contributed by atoms with Crippen molar-refractivity contribution in [1.82, 2.24) is 0 Å². The summed E-state index contributed by atoms with van der Waals surface area (Å²) in [6.07, 6.45) is 2.98. The van der Waals surface area contributed by atoms with E-state index in [0.29, 0.717) is 58.1 Å². The molecule has 1 aromatic carbocycles. The number of hydrogen-bond donors (Lipinski definition) is 0. The zero-order chi connectivity index (χ0) is 16.9. The van der Waals surface area contributed by atoms with E-state index in [1.165, 1.54) is 20.5 Å². The van der Waals surface area contributed by atoms with Crippen LogP contribution in [-0.2, 0) is 10.8 Å². The Morgan fingerprint density at radius 3 is 2.54 bits per heavy atom. The number of ether oxygens (including phenoxy) is 3. The SMILES string of the molecule is COc1c2c(c(OC)c3occc13)OC1(CCS(=O)CC1)CC2=O. The van der Waals surface area contributed by atoms with Crippen LogP contribution in [0.15, 0.2) is 16.7 Å². The minimum Gasteiger partial charge on any atom is -0.495 e. The van der Waals surface area contributed by atoms with Crippen LogP contribution in [0.5, 0.6) is 17.2 Å². The quantitative estimate of drug-likeness (QED) is 0.829. The second-order valence-electron chi connectivity index (χ2n) is 6.17. The van der Waals surface area contributed by atoms with Crippen molar-refractivity contribution >= 4 is 27.6 Å². The van der Waals surface area contributed by atoms with Crippen LogP contribution < -0.4 is 14.2 Å². The molecule has 7 heteroatoms. The smallest absolute Gasteiger partial charge is 0.205 e. The first-order valence-corrected chi connectivity index (χ1v) is 9.30. The molecule has 1 fully saturated rings. The minimum absolute atomic E-state index is 0.0396. The van der Waals surface area contributed by atoms with Gasteiger partial charge in [-0.3, -0.25) is 9.00 Å². The average Bonchev–Trinajstić information content (AvgIpc) is 3.05. The van der Waals surface area contributed by atoms with Crippen molar-refractivity contribution in [2.24, 2.45) is 0 Å². The molecule has 128 valence electrons. The Labute approximate surface area is 141 Å². The summed E-state index contributed by atoms with van der Waals surface area (Å²) in [6.45, 7) is 0. The number of carbonyl (C=O) groups is 1. The number of carbonyl (C=O) groups excluding carboxylic acids is 1. The van der Waals surface area contributed by atoms with Crippen molar-refractivity contribution in [3.63, 3.8) is 0 Å². The maximum absolute atomic E-state index is 12.9. The van der Waals surface area contributed by atoms with E-state index in [2.05, 4.69) is 0 Å². The average molecular weight is 350 g/mol. The van der Waals surface area contributed by atoms with Gasteiger partial charge in [0.05, 0.1) is 32.3 Å². The number of hydrogen-bond acceptors (Lipinski definition) is 6. The third-order valence-electron chi connectivity index (χ3n) is 4.84. The summed E-state index contributed by atoms with van der Waals surface area (Å²) in [5.74, 6) is 2.29. The van der Waals surface area contributed by atoms with Gasteiger partial charge in [0.1, 0.15) is 16.9 Å². The first-order chi connectivity index (χ1) is 11.6. The second kappa shape index (κ2) is 5.51. The highest BCUT2D eigenvalue weighted by atomic mass is 32.2. The Bertz CT molecular complexity index is 842. The Hall–Kier alpha value is -2.02. The fraction of sp³-hybridized carbons (Fsp3) is 0.471. The van der Waals surface area contributed by atoms with E-state index in [9.17, 15) is 9.00 Å². The van der Waals surface area contributed by atoms with Gasteiger partial charge in [-0.05, 0) is 18.9 Å². The standard InChI is InChI=1S/C17H18O6S/c1-20-13-10-3-6-22-14(10)16(21-2)15-12(13)11(18)9-17(23-15)4-7-24(19)8-5-17/h3,6H,4-5,7-9H2,1-2H3. The van der Waals surface area contributed by atoms with Crippen molar-refractivity contribution in [3.05, 3.63) is 17.9 Å². The molecule has 0 bridgehead atoms. The van der Waals surface area contributed by atoms with Gasteiger partial charge in [-0.2, -0.15) is 0 Å². The Balaban J connectivity index is 1.92. The highest BCUT2D eigenvalue weighted by molar-refractivity contribution is 7.85. The number of Topliss-reactive ketones (excluding diaryl/α,β-unsaturated/α-hetero) is 1. The third-order valence-corrected chi connectivity index (χ3v) is 6.15. The number of rotatable bonds is 2. The first kappa shape index (κ1) is 15.5. The zero-order valence-electron chi connectivity index (χ0n) is 13.5. The molecule has 0 atom stereocenters. The molecule has 0 N–H and O–H groups in total. The first-order valence-electron chi connectivity index (χ1n) is 7.81. The van der Waals surface area contributed by atoms with Gasteiger partial charge in [-0.1, -0.05) is 0 Å². The lowest BCUT2D eigenvalue weighted by atomic mass is 9.84. The number of furan rings is 1. The molecule has 2 aliphatic rings. The highest BCUT2D eigenvalue weighted by Crippen LogP contribution is 2.52. The molecule has 1 aromatic heterocycles. The molecule has 2 aromatic rings. The Morgan fingerprint density at radius 2 is 1.88 bits per heavy atom. The van der Waals surface area contributed by atoms with Crippen LogP contribution >= 0.6 is 0 Å². The van der Waals surface area contributed by atoms with Gasteiger partial charge in [0, 0.05) is 22.3 Å². The van der Waals surface area contributed by atoms with Gasteiger partial charge >= 0.3 is 0 Å². The predicted molar refractivity (Wildman–Crippen MR) is 88.7 cm³/mol. The molecule has 0 aliphatic carbocycles. The summed E-state index contributed by atoms with van der Waals surface area (Å²) in [5.41, 5.74) is 0.286. The Kier molecular flexibility index (Phi) is 3.56. The van der Waals surface area contributed by atoms with E-state index in [4.69, 9.17) is 18.6 Å². The molecule has 4 rings (SSSR count). The molecule has 2 aliphatic heterocycles. The molecule has 6 nitrogen and oxygen atoms in total. The number of methoxy groups -OCH3 is 2. The van der Waals surface area contributed by atoms with Gasteiger partial charge in [-0.15, -0.1) is 0 Å². The summed E-state index contributed by atoms with van der Waals surface area (Å²) >= 11 is 0. The second-order valence-corrected chi connectivity index (χ2v) is 7.86. The Morgan fingerprint density at radius 1 is 1.17 bits per heavy atom. The zero-order valence-corrected chi connectivity index (χ0v) is 14.4. The summed E-state index contributed by atoms with van der Waals surface area (Å²) in [4.78, 5) is 12.9. The van der Waals surface area contributed by atoms with Crippen molar-refractivity contribution < 1.29 is 27.6 Å². The van der Waals surface area contributed by atoms with Gasteiger partial charge in [0.25, 0.3) is 0 Å². The number of benzene rings is 1. The van der Waals surface area contributed by atoms with E-state index < -0.39 is 16.4 Å². The number of fused-ring (bicyclic) bond motifs is 2. The summed E-state index contributed by atoms with van der Waals surface area (Å²) in [5, 5.41) is 0.686. The third kappa shape index (κ3) is 2.14. The van der Waals surface area contributed by atoms with Gasteiger partial charge in [0.2, 0.25) is 5.75 Å². The molecular weight excluding hydrogens is 332 g/mol. The van der Waals surface area contributed by atoms with Crippen LogP contribution in [-0.4, -0.2) is 41.3 Å². The van der Waals surface area contributed by atoms with Crippen molar-refractivity contribution in [3.8, 4) is 17.2 Å². The van der Waals surface area contributed by atoms with Crippen molar-refractivity contribution in [2.45, 2.75) is 24.9 Å². The lowest BCUT2D eigenvalue weighted by Crippen LogP contribution is -2.47. The summed E-state index contributed by atoms with van der Waals surface area (Å²) in [7, 11) is 2.21. The maximum Gasteiger partial charge on any atom is 0.205 e. The molecule has 0 amide bonds. The monoisotopic (exact) mass is 350 g/mol. The highest BCUT2D eigenvalue weighted by Gasteiger charge is 2.46. The van der Waals surface area contributed by atoms with E-state index in [0.717, 1.165) is 0 Å². The molecular formula is C17H18O6S. The molecule has 0 radical (unpaired) electrons. The largest absolute Gasteiger partial charge is 0.495 e. The topological polar surface area (TPSA) is 75.0 Å². The van der Waals surface area contributed by atoms with Crippen LogP contribution in [0, 0.1) is 0 Å². The fourth-order valence-electron chi connectivity index (χ4n) is 3.61. The lowest BCUT2D eigenvalue weighted by molar-refractivity contribution is 0.0316. The summed E-state index contributed by atoms with van der Waals surface area (Å²) < 4.78 is 34.5. The minimum atomic E-state index is -0.832. The molecule has 1 saturated heterocycles. The predicted octanol–water partition coefficient (Wildman–Crippen LogP) is 2.70. The maximum atomic E-state index is 12.9. The molecule has 0 unspecified atom stereocenters. The fourth-order valence-corrected chi connectivity index (χ4v) is 5.01. The molecule has 24 heavy (non-hydrogen) atoms. The van der Waals surface area contributed by atoms with E-state index in [1.54, 1.807) is 6.07 Å². The van der Waals surface area contributed by atoms with E-state index in [-0.39, 0.29) is 12.2 Å². The lowest BCUT2D eigenvalue weighted by Gasteiger charge is -2.40. The van der Waals surface area contributed by atoms with Crippen molar-refractivity contribution in [2.75, 3.05) is 25.7 Å². The van der Waals surface area contributed by atoms with Crippen LogP contribution in [0.3, 0.4) is 0 Å². The van der Waals surface area contributed by atoms with Gasteiger partial charge in [0.15, 0.2) is 17.1 Å². The molecule has 0 saturated carbocycles. The van der Waals surface area contributed by atoms with Crippen LogP contribution in [0.2, 0.25) is 0 Å². The normalized spacial score (nSPS) is 26.2. The number of ketones is 1. The van der Waals surface area contributed by atoms with Crippen molar-refractivity contribution in [1.29, 1.82) is 0 Å². The van der Waals surface area contributed by atoms with Crippen LogP contribution in [0.1, 0.15) is 29.6 Å². The van der Waals surface area contributed by atoms with Crippen LogP contribution in [0.25, 0.3) is 11.0 Å². The van der Waals surface area contributed by atoms with E-state index >= 15 is 0 Å². The molecule has 1 spiro atoms. The molecule has 3 heterocycles. The van der Waals surface area contributed by atoms with Gasteiger partial charge < -0.3 is 18.6 Å². The van der Waals surface area contributed by atoms with Crippen LogP contribution in [0.4, 0.5) is 0 Å². The summed E-state index contributed by atoms with van der Waals surface area (Å²) in [6, 6.07) is 1.75. The van der Waals surface area contributed by atoms with E-state index in [1.807, 2.05) is 0 Å².